The van der Waals surface area contributed by atoms with E-state index in [1.165, 1.54) is 0 Å². The minimum absolute atomic E-state index is 0.431. The van der Waals surface area contributed by atoms with E-state index in [1.807, 2.05) is 31.3 Å². The number of hydrogen-bond donors (Lipinski definition) is 0. The third-order valence-electron chi connectivity index (χ3n) is 2.88. The number of benzene rings is 1. The Hall–Kier alpha value is -2.07. The maximum absolute atomic E-state index is 5.93. The first kappa shape index (κ1) is 12.0. The molecule has 0 aliphatic carbocycles. The van der Waals surface area contributed by atoms with Gasteiger partial charge in [0, 0.05) is 24.5 Å². The van der Waals surface area contributed by atoms with Gasteiger partial charge in [0.1, 0.15) is 0 Å². The molecule has 4 nitrogen and oxygen atoms in total. The minimum Gasteiger partial charge on any atom is -0.435 e. The number of hydrogen-bond acceptors (Lipinski definition) is 3. The van der Waals surface area contributed by atoms with Crippen molar-refractivity contribution in [1.29, 1.82) is 0 Å². The van der Waals surface area contributed by atoms with E-state index in [1.54, 1.807) is 23.3 Å². The molecule has 0 unspecified atom stereocenters. The molecule has 0 spiro atoms. The van der Waals surface area contributed by atoms with Gasteiger partial charge in [0.25, 0.3) is 0 Å². The van der Waals surface area contributed by atoms with Gasteiger partial charge in [-0.25, -0.2) is 4.98 Å². The molecule has 19 heavy (non-hydrogen) atoms. The Balaban J connectivity index is 2.09. The molecule has 0 saturated carbocycles. The molecule has 0 N–H and O–H groups in total. The number of halogens is 1. The normalized spacial score (nSPS) is 10.8. The van der Waals surface area contributed by atoms with E-state index in [0.717, 1.165) is 16.3 Å². The lowest BCUT2D eigenvalue weighted by Crippen LogP contribution is -1.92. The predicted octanol–water partition coefficient (Wildman–Crippen LogP) is 3.50. The van der Waals surface area contributed by atoms with Gasteiger partial charge in [0.05, 0.1) is 12.4 Å². The fourth-order valence-electron chi connectivity index (χ4n) is 1.98. The van der Waals surface area contributed by atoms with Gasteiger partial charge in [-0.1, -0.05) is 18.2 Å². The monoisotopic (exact) mass is 273 g/mol. The molecule has 0 aliphatic rings. The van der Waals surface area contributed by atoms with Crippen LogP contribution in [0.1, 0.15) is 5.56 Å². The summed E-state index contributed by atoms with van der Waals surface area (Å²) in [5.74, 6) is 1.66. The fraction of sp³-hybridized carbons (Fsp3) is 0.143. The Labute approximate surface area is 115 Å². The largest absolute Gasteiger partial charge is 0.435 e. The molecule has 3 aromatic rings. The number of rotatable bonds is 3. The second-order valence-corrected chi connectivity index (χ2v) is 4.49. The lowest BCUT2D eigenvalue weighted by atomic mass is 10.1. The van der Waals surface area contributed by atoms with Gasteiger partial charge in [-0.2, -0.15) is 5.10 Å². The lowest BCUT2D eigenvalue weighted by Gasteiger charge is -2.08. The van der Waals surface area contributed by atoms with Crippen LogP contribution < -0.4 is 4.74 Å². The summed E-state index contributed by atoms with van der Waals surface area (Å²) >= 11 is 5.93. The van der Waals surface area contributed by atoms with Crippen molar-refractivity contribution in [2.24, 2.45) is 7.05 Å². The predicted molar refractivity (Wildman–Crippen MR) is 74.6 cm³/mol. The molecule has 0 radical (unpaired) electrons. The first-order valence-corrected chi connectivity index (χ1v) is 6.40. The highest BCUT2D eigenvalue weighted by Gasteiger charge is 2.09. The van der Waals surface area contributed by atoms with Crippen LogP contribution in [0.5, 0.6) is 11.6 Å². The summed E-state index contributed by atoms with van der Waals surface area (Å²) in [6.45, 7) is 0. The highest BCUT2D eigenvalue weighted by Crippen LogP contribution is 2.30. The van der Waals surface area contributed by atoms with E-state index in [0.29, 0.717) is 17.5 Å². The molecule has 0 atom stereocenters. The van der Waals surface area contributed by atoms with E-state index in [4.69, 9.17) is 16.3 Å². The third kappa shape index (κ3) is 2.27. The van der Waals surface area contributed by atoms with Crippen LogP contribution in [0.3, 0.4) is 0 Å². The molecule has 2 heterocycles. The molecule has 96 valence electrons. The van der Waals surface area contributed by atoms with Crippen LogP contribution >= 0.6 is 11.6 Å². The minimum atomic E-state index is 0.431. The van der Waals surface area contributed by atoms with Crippen molar-refractivity contribution in [2.45, 2.75) is 5.88 Å². The summed E-state index contributed by atoms with van der Waals surface area (Å²) in [6, 6.07) is 7.93. The van der Waals surface area contributed by atoms with Crippen molar-refractivity contribution in [3.05, 3.63) is 48.4 Å². The van der Waals surface area contributed by atoms with Gasteiger partial charge < -0.3 is 4.74 Å². The van der Waals surface area contributed by atoms with Gasteiger partial charge >= 0.3 is 0 Å². The van der Waals surface area contributed by atoms with Crippen molar-refractivity contribution in [3.63, 3.8) is 0 Å². The topological polar surface area (TPSA) is 39.9 Å². The van der Waals surface area contributed by atoms with Crippen LogP contribution in [0.15, 0.2) is 42.9 Å². The summed E-state index contributed by atoms with van der Waals surface area (Å²) in [4.78, 5) is 4.34. The first-order chi connectivity index (χ1) is 9.28. The van der Waals surface area contributed by atoms with Crippen LogP contribution in [-0.2, 0) is 12.9 Å². The van der Waals surface area contributed by atoms with Gasteiger partial charge in [-0.05, 0) is 17.0 Å². The molecule has 0 fully saturated rings. The zero-order chi connectivity index (χ0) is 13.2. The second-order valence-electron chi connectivity index (χ2n) is 4.22. The molecular formula is C14H12ClN3O. The highest BCUT2D eigenvalue weighted by molar-refractivity contribution is 6.18. The lowest BCUT2D eigenvalue weighted by molar-refractivity contribution is 0.468. The molecular weight excluding hydrogens is 262 g/mol. The van der Waals surface area contributed by atoms with Crippen LogP contribution in [0.2, 0.25) is 0 Å². The zero-order valence-electron chi connectivity index (χ0n) is 10.4. The second kappa shape index (κ2) is 4.90. The SMILES string of the molecule is Cn1cc(Oc2ncc(CCl)c3ccccc23)cn1. The van der Waals surface area contributed by atoms with Crippen molar-refractivity contribution >= 4 is 22.4 Å². The maximum Gasteiger partial charge on any atom is 0.227 e. The summed E-state index contributed by atoms with van der Waals surface area (Å²) in [6.07, 6.45) is 5.21. The Bertz CT molecular complexity index is 724. The molecule has 5 heteroatoms. The Morgan fingerprint density at radius 3 is 2.68 bits per heavy atom. The number of alkyl halides is 1. The van der Waals surface area contributed by atoms with E-state index in [-0.39, 0.29) is 0 Å². The van der Waals surface area contributed by atoms with Crippen molar-refractivity contribution in [2.75, 3.05) is 0 Å². The van der Waals surface area contributed by atoms with Gasteiger partial charge in [0.15, 0.2) is 5.75 Å². The van der Waals surface area contributed by atoms with Crippen LogP contribution in [-0.4, -0.2) is 14.8 Å². The van der Waals surface area contributed by atoms with Gasteiger partial charge in [-0.3, -0.25) is 4.68 Å². The van der Waals surface area contributed by atoms with Crippen LogP contribution in [0.25, 0.3) is 10.8 Å². The number of fused-ring (bicyclic) bond motifs is 1. The van der Waals surface area contributed by atoms with E-state index < -0.39 is 0 Å². The Morgan fingerprint density at radius 2 is 2.00 bits per heavy atom. The quantitative estimate of drug-likeness (QED) is 0.686. The smallest absolute Gasteiger partial charge is 0.227 e. The van der Waals surface area contributed by atoms with E-state index in [9.17, 15) is 0 Å². The highest BCUT2D eigenvalue weighted by atomic mass is 35.5. The van der Waals surface area contributed by atoms with Crippen molar-refractivity contribution in [3.8, 4) is 11.6 Å². The molecule has 2 aromatic heterocycles. The van der Waals surface area contributed by atoms with Crippen LogP contribution in [0, 0.1) is 0 Å². The fourth-order valence-corrected chi connectivity index (χ4v) is 2.19. The number of ether oxygens (including phenoxy) is 1. The molecule has 0 amide bonds. The Kier molecular flexibility index (Phi) is 3.09. The summed E-state index contributed by atoms with van der Waals surface area (Å²) in [5.41, 5.74) is 0.996. The zero-order valence-corrected chi connectivity index (χ0v) is 11.1. The number of aryl methyl sites for hydroxylation is 1. The molecule has 0 saturated heterocycles. The molecule has 0 bridgehead atoms. The molecule has 3 rings (SSSR count). The standard InChI is InChI=1S/C14H12ClN3O/c1-18-9-11(8-17-18)19-14-13-5-3-2-4-12(13)10(6-15)7-16-14/h2-5,7-9H,6H2,1H3. The van der Waals surface area contributed by atoms with E-state index in [2.05, 4.69) is 10.1 Å². The third-order valence-corrected chi connectivity index (χ3v) is 3.17. The van der Waals surface area contributed by atoms with Crippen molar-refractivity contribution in [1.82, 2.24) is 14.8 Å². The summed E-state index contributed by atoms with van der Waals surface area (Å²) in [7, 11) is 1.84. The number of nitrogens with zero attached hydrogens (tertiary/aromatic N) is 3. The summed E-state index contributed by atoms with van der Waals surface area (Å²) in [5, 5.41) is 6.08. The summed E-state index contributed by atoms with van der Waals surface area (Å²) < 4.78 is 7.46. The average Bonchev–Trinajstić information content (AvgIpc) is 2.85. The van der Waals surface area contributed by atoms with Crippen molar-refractivity contribution < 1.29 is 4.74 Å². The van der Waals surface area contributed by atoms with Gasteiger partial charge in [0.2, 0.25) is 5.88 Å². The Morgan fingerprint density at radius 1 is 1.21 bits per heavy atom. The van der Waals surface area contributed by atoms with Gasteiger partial charge in [-0.15, -0.1) is 11.6 Å². The van der Waals surface area contributed by atoms with E-state index >= 15 is 0 Å². The molecule has 0 aliphatic heterocycles. The number of pyridine rings is 1. The first-order valence-electron chi connectivity index (χ1n) is 5.87. The maximum atomic E-state index is 5.93. The van der Waals surface area contributed by atoms with Crippen LogP contribution in [0.4, 0.5) is 0 Å². The number of aromatic nitrogens is 3. The average molecular weight is 274 g/mol. The molecule has 1 aromatic carbocycles.